The van der Waals surface area contributed by atoms with E-state index in [9.17, 15) is 37.2 Å². The number of nitrogens with zero attached hydrogens (tertiary/aromatic N) is 1. The van der Waals surface area contributed by atoms with Crippen LogP contribution in [0.1, 0.15) is 95.8 Å². The molecule has 4 aliphatic rings. The first kappa shape index (κ1) is 39.5. The van der Waals surface area contributed by atoms with E-state index in [1.165, 1.54) is 17.0 Å². The van der Waals surface area contributed by atoms with Gasteiger partial charge in [-0.3, -0.25) is 24.4 Å². The van der Waals surface area contributed by atoms with Crippen LogP contribution in [0, 0.1) is 5.92 Å². The Morgan fingerprint density at radius 2 is 1.75 bits per heavy atom. The summed E-state index contributed by atoms with van der Waals surface area (Å²) < 4.78 is 43.8. The number of allylic oxidation sites excluding steroid dienone is 1. The fourth-order valence-electron chi connectivity index (χ4n) is 6.57. The number of fused-ring (bicyclic) bond motifs is 2. The number of nitrogens with one attached hydrogen (secondary N) is 4. The van der Waals surface area contributed by atoms with E-state index in [-0.39, 0.29) is 43.7 Å². The molecule has 2 aliphatic heterocycles. The van der Waals surface area contributed by atoms with Crippen LogP contribution in [0.25, 0.3) is 0 Å². The van der Waals surface area contributed by atoms with Crippen LogP contribution < -0.4 is 20.7 Å². The van der Waals surface area contributed by atoms with Gasteiger partial charge in [0.25, 0.3) is 5.91 Å². The maximum absolute atomic E-state index is 14.3. The number of hydrogen-bond donors (Lipinski definition) is 4. The van der Waals surface area contributed by atoms with Crippen molar-refractivity contribution in [3.63, 3.8) is 0 Å². The van der Waals surface area contributed by atoms with E-state index in [0.29, 0.717) is 32.1 Å². The van der Waals surface area contributed by atoms with Crippen molar-refractivity contribution in [2.24, 2.45) is 5.92 Å². The van der Waals surface area contributed by atoms with Gasteiger partial charge in [0.15, 0.2) is 0 Å². The van der Waals surface area contributed by atoms with Gasteiger partial charge in [-0.1, -0.05) is 37.1 Å². The van der Waals surface area contributed by atoms with Crippen molar-refractivity contribution >= 4 is 51.6 Å². The molecule has 0 spiro atoms. The second kappa shape index (κ2) is 16.1. The minimum absolute atomic E-state index is 0.0938. The van der Waals surface area contributed by atoms with Gasteiger partial charge in [0.2, 0.25) is 21.8 Å². The Hall–Kier alpha value is -4.67. The Bertz CT molecular complexity index is 1740. The number of anilines is 1. The summed E-state index contributed by atoms with van der Waals surface area (Å²) in [6, 6.07) is 3.81. The van der Waals surface area contributed by atoms with E-state index in [1.54, 1.807) is 45.9 Å². The summed E-state index contributed by atoms with van der Waals surface area (Å²) in [5.41, 5.74) is -2.21. The van der Waals surface area contributed by atoms with Crippen LogP contribution in [-0.4, -0.2) is 96.9 Å². The van der Waals surface area contributed by atoms with Gasteiger partial charge in [-0.2, -0.15) is 0 Å². The van der Waals surface area contributed by atoms with Crippen LogP contribution >= 0.6 is 0 Å². The number of ether oxygens (including phenoxy) is 3. The van der Waals surface area contributed by atoms with E-state index >= 15 is 0 Å². The minimum Gasteiger partial charge on any atom is -0.462 e. The summed E-state index contributed by atoms with van der Waals surface area (Å²) in [6.07, 6.45) is 4.63. The van der Waals surface area contributed by atoms with Crippen molar-refractivity contribution in [1.29, 1.82) is 0 Å². The molecule has 3 fully saturated rings. The molecule has 17 heteroatoms. The molecule has 5 rings (SSSR count). The van der Waals surface area contributed by atoms with E-state index in [0.717, 1.165) is 6.42 Å². The molecule has 5 atom stereocenters. The van der Waals surface area contributed by atoms with E-state index < -0.39 is 86.4 Å². The molecule has 0 radical (unpaired) electrons. The Kier molecular flexibility index (Phi) is 12.0. The SMILES string of the molecule is CCOC(=O)c1ccccc1NC(=O)O[C@@H]1C[C@H]2C(=O)N[C@]3(C(=O)NS(=O)(=O)C4CC4)C[C@@H]3/C=C\CCCCC[C@H](NC(=O)OC(C)(C)C)C(=O)N2C1. The zero-order valence-corrected chi connectivity index (χ0v) is 31.3. The van der Waals surface area contributed by atoms with Crippen molar-refractivity contribution in [2.75, 3.05) is 18.5 Å². The monoisotopic (exact) mass is 759 g/mol. The van der Waals surface area contributed by atoms with Crippen molar-refractivity contribution in [2.45, 2.75) is 120 Å². The molecule has 2 saturated carbocycles. The lowest BCUT2D eigenvalue weighted by Gasteiger charge is -2.30. The zero-order chi connectivity index (χ0) is 38.6. The molecule has 2 aliphatic carbocycles. The third kappa shape index (κ3) is 10.1. The van der Waals surface area contributed by atoms with Crippen LogP contribution in [0.4, 0.5) is 15.3 Å². The highest BCUT2D eigenvalue weighted by molar-refractivity contribution is 7.91. The second-order valence-electron chi connectivity index (χ2n) is 14.9. The fourth-order valence-corrected chi connectivity index (χ4v) is 7.93. The quantitative estimate of drug-likeness (QED) is 0.171. The van der Waals surface area contributed by atoms with Crippen molar-refractivity contribution in [1.82, 2.24) is 20.3 Å². The largest absolute Gasteiger partial charge is 0.462 e. The van der Waals surface area contributed by atoms with Crippen LogP contribution in [0.2, 0.25) is 0 Å². The Morgan fingerprint density at radius 1 is 1.02 bits per heavy atom. The van der Waals surface area contributed by atoms with Gasteiger partial charge < -0.3 is 29.7 Å². The van der Waals surface area contributed by atoms with Gasteiger partial charge in [-0.05, 0) is 78.4 Å². The first-order valence-corrected chi connectivity index (χ1v) is 19.7. The van der Waals surface area contributed by atoms with Gasteiger partial charge in [0, 0.05) is 12.3 Å². The van der Waals surface area contributed by atoms with E-state index in [1.807, 2.05) is 6.08 Å². The number of carbonyl (C=O) groups excluding carboxylic acids is 6. The number of hydrogen-bond acceptors (Lipinski definition) is 11. The number of carbonyl (C=O) groups is 6. The standard InChI is InChI=1S/C36H49N5O11S/c1-5-50-31(44)25-14-11-12-15-26(25)37-33(46)51-23-19-28-29(42)39-36(32(45)40-53(48,49)24-17-18-24)20-22(36)13-9-7-6-8-10-16-27(30(43)41(28)21-23)38-34(47)52-35(2,3)4/h9,11-15,22-24,27-28H,5-8,10,16-21H2,1-4H3,(H,37,46)(H,38,47)(H,39,42)(H,40,45)/b13-9-/t22-,23+,27-,28-,36+/m0/s1. The van der Waals surface area contributed by atoms with Crippen molar-refractivity contribution in [3.05, 3.63) is 42.0 Å². The number of amides is 5. The average Bonchev–Trinajstić information content (AvgIpc) is 4.00. The number of esters is 1. The van der Waals surface area contributed by atoms with Crippen LogP contribution in [-0.2, 0) is 38.6 Å². The molecule has 1 saturated heterocycles. The maximum Gasteiger partial charge on any atom is 0.411 e. The molecule has 5 amide bonds. The smallest absolute Gasteiger partial charge is 0.411 e. The molecule has 0 bridgehead atoms. The van der Waals surface area contributed by atoms with Crippen LogP contribution in [0.15, 0.2) is 36.4 Å². The predicted octanol–water partition coefficient (Wildman–Crippen LogP) is 3.28. The highest BCUT2D eigenvalue weighted by atomic mass is 32.2. The molecule has 1 aromatic carbocycles. The Balaban J connectivity index is 1.41. The third-order valence-corrected chi connectivity index (χ3v) is 11.3. The summed E-state index contributed by atoms with van der Waals surface area (Å²) >= 11 is 0. The number of rotatable bonds is 8. The summed E-state index contributed by atoms with van der Waals surface area (Å²) in [5, 5.41) is 7.28. The molecule has 1 aromatic rings. The summed E-state index contributed by atoms with van der Waals surface area (Å²) in [5.74, 6) is -3.37. The van der Waals surface area contributed by atoms with Crippen molar-refractivity contribution < 1.29 is 51.4 Å². The number of alkyl carbamates (subject to hydrolysis) is 1. The van der Waals surface area contributed by atoms with Gasteiger partial charge in [-0.25, -0.2) is 22.8 Å². The molecule has 0 unspecified atom stereocenters. The molecular formula is C36H49N5O11S. The summed E-state index contributed by atoms with van der Waals surface area (Å²) in [4.78, 5) is 81.8. The van der Waals surface area contributed by atoms with Gasteiger partial charge >= 0.3 is 18.2 Å². The van der Waals surface area contributed by atoms with Crippen LogP contribution in [0.5, 0.6) is 0 Å². The third-order valence-electron chi connectivity index (χ3n) is 9.47. The first-order chi connectivity index (χ1) is 25.0. The minimum atomic E-state index is -3.93. The molecular weight excluding hydrogens is 710 g/mol. The Labute approximate surface area is 309 Å². The second-order valence-corrected chi connectivity index (χ2v) is 16.8. The van der Waals surface area contributed by atoms with Gasteiger partial charge in [0.1, 0.15) is 29.3 Å². The number of benzene rings is 1. The molecule has 0 aromatic heterocycles. The highest BCUT2D eigenvalue weighted by Gasteiger charge is 2.62. The number of para-hydroxylation sites is 1. The van der Waals surface area contributed by atoms with Crippen molar-refractivity contribution in [3.8, 4) is 0 Å². The average molecular weight is 760 g/mol. The maximum atomic E-state index is 14.3. The van der Waals surface area contributed by atoms with Crippen LogP contribution in [0.3, 0.4) is 0 Å². The fraction of sp³-hybridized carbons (Fsp3) is 0.611. The topological polar surface area (TPSA) is 216 Å². The normalized spacial score (nSPS) is 27.0. The van der Waals surface area contributed by atoms with E-state index in [4.69, 9.17) is 14.2 Å². The number of sulfonamides is 1. The summed E-state index contributed by atoms with van der Waals surface area (Å²) in [7, 11) is -3.93. The zero-order valence-electron chi connectivity index (χ0n) is 30.5. The molecule has 290 valence electrons. The van der Waals surface area contributed by atoms with Gasteiger partial charge in [0.05, 0.1) is 29.7 Å². The Morgan fingerprint density at radius 3 is 2.45 bits per heavy atom. The molecule has 2 heterocycles. The lowest BCUT2D eigenvalue weighted by atomic mass is 10.0. The first-order valence-electron chi connectivity index (χ1n) is 18.1. The summed E-state index contributed by atoms with van der Waals surface area (Å²) in [6.45, 7) is 6.58. The lowest BCUT2D eigenvalue weighted by Crippen LogP contribution is -2.58. The predicted molar refractivity (Wildman–Crippen MR) is 191 cm³/mol. The molecule has 4 N–H and O–H groups in total. The lowest BCUT2D eigenvalue weighted by molar-refractivity contribution is -0.141. The molecule has 16 nitrogen and oxygen atoms in total. The highest BCUT2D eigenvalue weighted by Crippen LogP contribution is 2.46. The molecule has 53 heavy (non-hydrogen) atoms. The van der Waals surface area contributed by atoms with E-state index in [2.05, 4.69) is 20.7 Å². The van der Waals surface area contributed by atoms with Gasteiger partial charge in [-0.15, -0.1) is 0 Å².